The van der Waals surface area contributed by atoms with Gasteiger partial charge in [0, 0.05) is 49.2 Å². The van der Waals surface area contributed by atoms with E-state index in [1.807, 2.05) is 61.5 Å². The van der Waals surface area contributed by atoms with Gasteiger partial charge in [0.2, 0.25) is 11.8 Å². The number of carbonyl (C=O) groups excluding carboxylic acids is 2. The molecule has 1 saturated carbocycles. The molecule has 3 heterocycles. The van der Waals surface area contributed by atoms with Crippen molar-refractivity contribution in [2.24, 2.45) is 11.3 Å². The van der Waals surface area contributed by atoms with Crippen LogP contribution in [-0.2, 0) is 22.7 Å². The Morgan fingerprint density at radius 1 is 1.11 bits per heavy atom. The number of amides is 2. The fourth-order valence-corrected chi connectivity index (χ4v) is 5.92. The first-order valence-electron chi connectivity index (χ1n) is 13.1. The number of nitrogens with zero attached hydrogens (tertiary/aromatic N) is 3. The standard InChI is InChI=1S/C29H31ClN4O4/c1-19-25(32-27(38-19)21-7-9-23(30)10-8-21)15-33-17-29(18-33)11-22(12-29)26(35)31-24-13-34(14-24)28(36)37-16-20-5-3-2-4-6-20/h2-10,22,24H,11-18H2,1H3,(H,31,35). The predicted molar refractivity (Wildman–Crippen MR) is 142 cm³/mol. The third kappa shape index (κ3) is 5.15. The molecular formula is C29H31ClN4O4. The van der Waals surface area contributed by atoms with Crippen LogP contribution in [0.4, 0.5) is 4.79 Å². The van der Waals surface area contributed by atoms with Crippen LogP contribution in [0.3, 0.4) is 0 Å². The molecule has 6 rings (SSSR count). The summed E-state index contributed by atoms with van der Waals surface area (Å²) in [6.45, 7) is 5.91. The number of ether oxygens (including phenoxy) is 1. The maximum atomic E-state index is 12.7. The van der Waals surface area contributed by atoms with Crippen molar-refractivity contribution in [1.82, 2.24) is 20.1 Å². The number of hydrogen-bond acceptors (Lipinski definition) is 6. The summed E-state index contributed by atoms with van der Waals surface area (Å²) in [5.74, 6) is 1.61. The van der Waals surface area contributed by atoms with E-state index in [0.29, 0.717) is 24.0 Å². The average molecular weight is 535 g/mol. The molecule has 2 saturated heterocycles. The molecule has 0 radical (unpaired) electrons. The molecule has 2 aromatic carbocycles. The Morgan fingerprint density at radius 2 is 1.82 bits per heavy atom. The predicted octanol–water partition coefficient (Wildman–Crippen LogP) is 4.65. The van der Waals surface area contributed by atoms with E-state index in [1.165, 1.54) is 0 Å². The molecule has 9 heteroatoms. The second-order valence-corrected chi connectivity index (χ2v) is 11.4. The zero-order chi connectivity index (χ0) is 26.3. The lowest BCUT2D eigenvalue weighted by atomic mass is 9.57. The van der Waals surface area contributed by atoms with Gasteiger partial charge >= 0.3 is 6.09 Å². The molecule has 3 aromatic rings. The summed E-state index contributed by atoms with van der Waals surface area (Å²) in [5, 5.41) is 3.80. The van der Waals surface area contributed by atoms with Crippen LogP contribution in [-0.4, -0.2) is 59.0 Å². The zero-order valence-electron chi connectivity index (χ0n) is 21.4. The van der Waals surface area contributed by atoms with Gasteiger partial charge in [0.25, 0.3) is 0 Å². The third-order valence-electron chi connectivity index (χ3n) is 7.90. The van der Waals surface area contributed by atoms with Crippen molar-refractivity contribution >= 4 is 23.6 Å². The minimum absolute atomic E-state index is 0.00573. The van der Waals surface area contributed by atoms with Crippen LogP contribution >= 0.6 is 11.6 Å². The number of carbonyl (C=O) groups is 2. The number of rotatable bonds is 7. The van der Waals surface area contributed by atoms with Crippen LogP contribution in [0, 0.1) is 18.3 Å². The van der Waals surface area contributed by atoms with E-state index in [0.717, 1.165) is 55.1 Å². The Hall–Kier alpha value is -3.36. The maximum absolute atomic E-state index is 12.7. The molecule has 0 bridgehead atoms. The lowest BCUT2D eigenvalue weighted by Gasteiger charge is -2.59. The number of benzene rings is 2. The van der Waals surface area contributed by atoms with Gasteiger partial charge in [-0.3, -0.25) is 9.69 Å². The summed E-state index contributed by atoms with van der Waals surface area (Å²) in [6, 6.07) is 17.1. The first kappa shape index (κ1) is 24.9. The molecule has 2 amide bonds. The molecule has 3 aliphatic rings. The SMILES string of the molecule is Cc1oc(-c2ccc(Cl)cc2)nc1CN1CC2(CC(C(=O)NC3CN(C(=O)OCc4ccccc4)C3)C2)C1. The Balaban J connectivity index is 0.898. The van der Waals surface area contributed by atoms with E-state index in [2.05, 4.69) is 10.2 Å². The summed E-state index contributed by atoms with van der Waals surface area (Å²) >= 11 is 5.99. The average Bonchev–Trinajstić information content (AvgIpc) is 3.21. The first-order valence-corrected chi connectivity index (χ1v) is 13.4. The Labute approximate surface area is 226 Å². The van der Waals surface area contributed by atoms with E-state index >= 15 is 0 Å². The Bertz CT molecular complexity index is 1310. The summed E-state index contributed by atoms with van der Waals surface area (Å²) in [7, 11) is 0. The molecule has 38 heavy (non-hydrogen) atoms. The van der Waals surface area contributed by atoms with Crippen molar-refractivity contribution in [3.63, 3.8) is 0 Å². The van der Waals surface area contributed by atoms with Crippen LogP contribution in [0.15, 0.2) is 59.0 Å². The van der Waals surface area contributed by atoms with Gasteiger partial charge in [-0.2, -0.15) is 0 Å². The van der Waals surface area contributed by atoms with Crippen molar-refractivity contribution in [3.05, 3.63) is 76.6 Å². The summed E-state index contributed by atoms with van der Waals surface area (Å²) in [5.41, 5.74) is 3.06. The van der Waals surface area contributed by atoms with Gasteiger partial charge in [0.1, 0.15) is 12.4 Å². The largest absolute Gasteiger partial charge is 0.445 e. The normalized spacial score (nSPS) is 18.9. The molecule has 0 unspecified atom stereocenters. The van der Waals surface area contributed by atoms with Gasteiger partial charge in [-0.05, 0) is 55.0 Å². The second kappa shape index (κ2) is 10.1. The lowest BCUT2D eigenvalue weighted by molar-refractivity contribution is -0.147. The summed E-state index contributed by atoms with van der Waals surface area (Å²) in [6.07, 6.45) is 1.50. The van der Waals surface area contributed by atoms with E-state index in [-0.39, 0.29) is 36.0 Å². The summed E-state index contributed by atoms with van der Waals surface area (Å²) in [4.78, 5) is 33.6. The molecule has 3 fully saturated rings. The third-order valence-corrected chi connectivity index (χ3v) is 8.15. The number of halogens is 1. The minimum atomic E-state index is -0.334. The van der Waals surface area contributed by atoms with Crippen LogP contribution in [0.5, 0.6) is 0 Å². The highest BCUT2D eigenvalue weighted by Crippen LogP contribution is 2.52. The van der Waals surface area contributed by atoms with Crippen molar-refractivity contribution in [2.45, 2.75) is 39.0 Å². The van der Waals surface area contributed by atoms with Crippen LogP contribution in [0.25, 0.3) is 11.5 Å². The van der Waals surface area contributed by atoms with E-state index in [1.54, 1.807) is 4.90 Å². The number of nitrogens with one attached hydrogen (secondary N) is 1. The number of oxazole rings is 1. The van der Waals surface area contributed by atoms with Gasteiger partial charge in [-0.15, -0.1) is 0 Å². The molecule has 8 nitrogen and oxygen atoms in total. The van der Waals surface area contributed by atoms with E-state index in [4.69, 9.17) is 25.7 Å². The first-order chi connectivity index (χ1) is 18.4. The minimum Gasteiger partial charge on any atom is -0.445 e. The molecule has 1 aliphatic carbocycles. The second-order valence-electron chi connectivity index (χ2n) is 10.9. The zero-order valence-corrected chi connectivity index (χ0v) is 22.1. The molecular weight excluding hydrogens is 504 g/mol. The molecule has 1 N–H and O–H groups in total. The van der Waals surface area contributed by atoms with Crippen LogP contribution in [0.1, 0.15) is 29.9 Å². The highest BCUT2D eigenvalue weighted by Gasteiger charge is 2.54. The van der Waals surface area contributed by atoms with E-state index in [9.17, 15) is 9.59 Å². The van der Waals surface area contributed by atoms with Gasteiger partial charge in [0.05, 0.1) is 11.7 Å². The van der Waals surface area contributed by atoms with Gasteiger partial charge < -0.3 is 19.4 Å². The molecule has 1 spiro atoms. The molecule has 0 atom stereocenters. The Kier molecular flexibility index (Phi) is 6.61. The van der Waals surface area contributed by atoms with Crippen molar-refractivity contribution in [3.8, 4) is 11.5 Å². The highest BCUT2D eigenvalue weighted by atomic mass is 35.5. The van der Waals surface area contributed by atoms with Crippen molar-refractivity contribution in [2.75, 3.05) is 26.2 Å². The summed E-state index contributed by atoms with van der Waals surface area (Å²) < 4.78 is 11.3. The van der Waals surface area contributed by atoms with Crippen LogP contribution in [0.2, 0.25) is 5.02 Å². The smallest absolute Gasteiger partial charge is 0.410 e. The van der Waals surface area contributed by atoms with E-state index < -0.39 is 0 Å². The number of likely N-dealkylation sites (tertiary alicyclic amines) is 2. The fourth-order valence-electron chi connectivity index (χ4n) is 5.79. The monoisotopic (exact) mass is 534 g/mol. The topological polar surface area (TPSA) is 87.9 Å². The lowest BCUT2D eigenvalue weighted by Crippen LogP contribution is -2.66. The van der Waals surface area contributed by atoms with Gasteiger partial charge in [-0.1, -0.05) is 41.9 Å². The number of aryl methyl sites for hydroxylation is 1. The van der Waals surface area contributed by atoms with Gasteiger partial charge in [0.15, 0.2) is 0 Å². The molecule has 1 aromatic heterocycles. The Morgan fingerprint density at radius 3 is 2.53 bits per heavy atom. The number of aromatic nitrogens is 1. The quantitative estimate of drug-likeness (QED) is 0.474. The van der Waals surface area contributed by atoms with Gasteiger partial charge in [-0.25, -0.2) is 9.78 Å². The fraction of sp³-hybridized carbons (Fsp3) is 0.414. The van der Waals surface area contributed by atoms with Crippen LogP contribution < -0.4 is 5.32 Å². The number of hydrogen-bond donors (Lipinski definition) is 1. The molecule has 198 valence electrons. The van der Waals surface area contributed by atoms with Crippen molar-refractivity contribution < 1.29 is 18.7 Å². The maximum Gasteiger partial charge on any atom is 0.410 e. The highest BCUT2D eigenvalue weighted by molar-refractivity contribution is 6.30. The van der Waals surface area contributed by atoms with Crippen molar-refractivity contribution in [1.29, 1.82) is 0 Å². The molecule has 2 aliphatic heterocycles.